The van der Waals surface area contributed by atoms with Crippen LogP contribution in [-0.2, 0) is 4.79 Å². The van der Waals surface area contributed by atoms with Crippen LogP contribution in [0.5, 0.6) is 11.5 Å². The molecule has 0 fully saturated rings. The number of ether oxygens (including phenoxy) is 2. The molecule has 0 spiro atoms. The molecule has 1 amide bonds. The monoisotopic (exact) mass is 370 g/mol. The van der Waals surface area contributed by atoms with Crippen LogP contribution in [-0.4, -0.2) is 41.1 Å². The maximum atomic E-state index is 12.1. The van der Waals surface area contributed by atoms with Crippen molar-refractivity contribution in [3.63, 3.8) is 0 Å². The molecule has 0 saturated heterocycles. The van der Waals surface area contributed by atoms with Crippen LogP contribution in [0.1, 0.15) is 0 Å². The fraction of sp³-hybridized carbons (Fsp3) is 0.167. The second-order valence-electron chi connectivity index (χ2n) is 5.23. The molecule has 0 unspecified atom stereocenters. The fourth-order valence-electron chi connectivity index (χ4n) is 2.25. The summed E-state index contributed by atoms with van der Waals surface area (Å²) in [4.78, 5) is 16.5. The summed E-state index contributed by atoms with van der Waals surface area (Å²) in [5, 5.41) is 10.3. The zero-order chi connectivity index (χ0) is 18.4. The summed E-state index contributed by atoms with van der Waals surface area (Å²) < 4.78 is 10.4. The van der Waals surface area contributed by atoms with Gasteiger partial charge in [0.1, 0.15) is 11.5 Å². The molecular weight excluding hydrogens is 352 g/mol. The van der Waals surface area contributed by atoms with E-state index < -0.39 is 0 Å². The van der Waals surface area contributed by atoms with E-state index in [9.17, 15) is 4.79 Å². The van der Waals surface area contributed by atoms with Crippen LogP contribution in [0.3, 0.4) is 0 Å². The summed E-state index contributed by atoms with van der Waals surface area (Å²) >= 11 is 1.25. The highest BCUT2D eigenvalue weighted by Gasteiger charge is 2.11. The number of aromatic nitrogens is 3. The predicted molar refractivity (Wildman–Crippen MR) is 101 cm³/mol. The van der Waals surface area contributed by atoms with Gasteiger partial charge in [0.25, 0.3) is 0 Å². The lowest BCUT2D eigenvalue weighted by molar-refractivity contribution is -0.113. The van der Waals surface area contributed by atoms with Gasteiger partial charge < -0.3 is 14.8 Å². The summed E-state index contributed by atoms with van der Waals surface area (Å²) in [6, 6.07) is 14.7. The number of rotatable bonds is 7. The molecular formula is C18H18N4O3S. The van der Waals surface area contributed by atoms with Gasteiger partial charge in [-0.25, -0.2) is 4.98 Å². The third kappa shape index (κ3) is 4.34. The molecule has 0 radical (unpaired) electrons. The lowest BCUT2D eigenvalue weighted by Gasteiger charge is -2.08. The van der Waals surface area contributed by atoms with Gasteiger partial charge in [-0.15, -0.1) is 5.10 Å². The smallest absolute Gasteiger partial charge is 0.234 e. The van der Waals surface area contributed by atoms with Gasteiger partial charge >= 0.3 is 0 Å². The Morgan fingerprint density at radius 2 is 1.88 bits per heavy atom. The molecule has 2 aromatic carbocycles. The zero-order valence-corrected chi connectivity index (χ0v) is 15.2. The minimum atomic E-state index is -0.157. The van der Waals surface area contributed by atoms with E-state index in [1.165, 1.54) is 11.8 Å². The maximum Gasteiger partial charge on any atom is 0.234 e. The summed E-state index contributed by atoms with van der Waals surface area (Å²) in [6.45, 7) is 0. The summed E-state index contributed by atoms with van der Waals surface area (Å²) in [6.07, 6.45) is 0. The second kappa shape index (κ2) is 8.39. The molecule has 3 aromatic rings. The van der Waals surface area contributed by atoms with Crippen LogP contribution in [0.25, 0.3) is 11.4 Å². The van der Waals surface area contributed by atoms with Gasteiger partial charge in [0.15, 0.2) is 5.82 Å². The Kier molecular flexibility index (Phi) is 5.75. The van der Waals surface area contributed by atoms with Crippen molar-refractivity contribution in [2.24, 2.45) is 0 Å². The van der Waals surface area contributed by atoms with Gasteiger partial charge in [-0.05, 0) is 36.4 Å². The first-order valence-electron chi connectivity index (χ1n) is 7.82. The lowest BCUT2D eigenvalue weighted by Crippen LogP contribution is -2.14. The Bertz CT molecular complexity index is 880. The molecule has 0 aliphatic rings. The molecule has 7 nitrogen and oxygen atoms in total. The number of H-pyrrole nitrogens is 1. The highest BCUT2D eigenvalue weighted by atomic mass is 32.2. The van der Waals surface area contributed by atoms with Crippen molar-refractivity contribution in [3.05, 3.63) is 48.5 Å². The average Bonchev–Trinajstić information content (AvgIpc) is 3.16. The highest BCUT2D eigenvalue weighted by Crippen LogP contribution is 2.24. The first-order valence-corrected chi connectivity index (χ1v) is 8.80. The molecule has 0 aliphatic carbocycles. The minimum Gasteiger partial charge on any atom is -0.497 e. The van der Waals surface area contributed by atoms with Crippen molar-refractivity contribution in [2.45, 2.75) is 5.16 Å². The Morgan fingerprint density at radius 3 is 2.62 bits per heavy atom. The Balaban J connectivity index is 1.58. The number of thioether (sulfide) groups is 1. The molecule has 0 atom stereocenters. The number of benzene rings is 2. The molecule has 26 heavy (non-hydrogen) atoms. The third-order valence-electron chi connectivity index (χ3n) is 3.54. The van der Waals surface area contributed by atoms with E-state index in [-0.39, 0.29) is 11.7 Å². The van der Waals surface area contributed by atoms with Crippen molar-refractivity contribution in [3.8, 4) is 22.9 Å². The van der Waals surface area contributed by atoms with Gasteiger partial charge in [0.2, 0.25) is 11.1 Å². The van der Waals surface area contributed by atoms with Gasteiger partial charge in [-0.2, -0.15) is 0 Å². The number of nitrogens with zero attached hydrogens (tertiary/aromatic N) is 2. The summed E-state index contributed by atoms with van der Waals surface area (Å²) in [5.74, 6) is 2.06. The normalized spacial score (nSPS) is 10.4. The first kappa shape index (κ1) is 17.8. The van der Waals surface area contributed by atoms with Crippen molar-refractivity contribution in [2.75, 3.05) is 25.3 Å². The predicted octanol–water partition coefficient (Wildman–Crippen LogP) is 3.22. The number of hydrogen-bond donors (Lipinski definition) is 2. The van der Waals surface area contributed by atoms with E-state index in [1.54, 1.807) is 26.4 Å². The fourth-order valence-corrected chi connectivity index (χ4v) is 2.85. The topological polar surface area (TPSA) is 89.1 Å². The van der Waals surface area contributed by atoms with Crippen molar-refractivity contribution < 1.29 is 14.3 Å². The SMILES string of the molecule is COc1ccc(-c2nc(SCC(=O)Nc3ccccc3OC)n[nH]2)cc1. The van der Waals surface area contributed by atoms with E-state index in [0.29, 0.717) is 22.4 Å². The number of nitrogens with one attached hydrogen (secondary N) is 2. The van der Waals surface area contributed by atoms with Gasteiger partial charge in [0.05, 0.1) is 25.7 Å². The van der Waals surface area contributed by atoms with Gasteiger partial charge in [-0.3, -0.25) is 9.89 Å². The van der Waals surface area contributed by atoms with Crippen molar-refractivity contribution >= 4 is 23.4 Å². The molecule has 0 saturated carbocycles. The van der Waals surface area contributed by atoms with Crippen LogP contribution in [0.15, 0.2) is 53.7 Å². The van der Waals surface area contributed by atoms with Crippen LogP contribution in [0.2, 0.25) is 0 Å². The number of aromatic amines is 1. The first-order chi connectivity index (χ1) is 12.7. The standard InChI is InChI=1S/C18H18N4O3S/c1-24-13-9-7-12(8-10-13)17-20-18(22-21-17)26-11-16(23)19-14-5-3-4-6-15(14)25-2/h3-10H,11H2,1-2H3,(H,19,23)(H,20,21,22). The summed E-state index contributed by atoms with van der Waals surface area (Å²) in [5.41, 5.74) is 1.53. The van der Waals surface area contributed by atoms with Crippen LogP contribution in [0, 0.1) is 0 Å². The number of amides is 1. The average molecular weight is 370 g/mol. The number of carbonyl (C=O) groups excluding carboxylic acids is 1. The molecule has 8 heteroatoms. The lowest BCUT2D eigenvalue weighted by atomic mass is 10.2. The molecule has 134 valence electrons. The number of hydrogen-bond acceptors (Lipinski definition) is 6. The van der Waals surface area contributed by atoms with E-state index in [0.717, 1.165) is 11.3 Å². The largest absolute Gasteiger partial charge is 0.497 e. The molecule has 2 N–H and O–H groups in total. The second-order valence-corrected chi connectivity index (χ2v) is 6.17. The third-order valence-corrected chi connectivity index (χ3v) is 4.39. The van der Waals surface area contributed by atoms with Crippen LogP contribution in [0.4, 0.5) is 5.69 Å². The molecule has 0 aliphatic heterocycles. The van der Waals surface area contributed by atoms with Crippen LogP contribution >= 0.6 is 11.8 Å². The van der Waals surface area contributed by atoms with Crippen molar-refractivity contribution in [1.29, 1.82) is 0 Å². The maximum absolute atomic E-state index is 12.1. The molecule has 1 aromatic heterocycles. The Hall–Kier alpha value is -3.00. The zero-order valence-electron chi connectivity index (χ0n) is 14.4. The van der Waals surface area contributed by atoms with Crippen molar-refractivity contribution in [1.82, 2.24) is 15.2 Å². The van der Waals surface area contributed by atoms with Crippen LogP contribution < -0.4 is 14.8 Å². The van der Waals surface area contributed by atoms with Gasteiger partial charge in [-0.1, -0.05) is 23.9 Å². The minimum absolute atomic E-state index is 0.157. The molecule has 1 heterocycles. The summed E-state index contributed by atoms with van der Waals surface area (Å²) in [7, 11) is 3.18. The van der Waals surface area contributed by atoms with E-state index in [2.05, 4.69) is 20.5 Å². The Labute approximate surface area is 155 Å². The number of para-hydroxylation sites is 2. The Morgan fingerprint density at radius 1 is 1.12 bits per heavy atom. The van der Waals surface area contributed by atoms with E-state index >= 15 is 0 Å². The number of carbonyl (C=O) groups is 1. The van der Waals surface area contributed by atoms with E-state index in [1.807, 2.05) is 36.4 Å². The van der Waals surface area contributed by atoms with Gasteiger partial charge in [0, 0.05) is 5.56 Å². The molecule has 3 rings (SSSR count). The molecule has 0 bridgehead atoms. The highest BCUT2D eigenvalue weighted by molar-refractivity contribution is 7.99. The van der Waals surface area contributed by atoms with E-state index in [4.69, 9.17) is 9.47 Å². The number of anilines is 1. The number of methoxy groups -OCH3 is 2. The quantitative estimate of drug-likeness (QED) is 0.621.